The standard InChI is InChI=1S/C18H32N4O3S2/c1-3-5-6-7-10-20-18(19-4-2)21-15-16-8-9-17(26-16)27(23,24)22-11-13-25-14-12-22/h8-9H,3-7,10-15H2,1-2H3,(H2,19,20,21). The van der Waals surface area contributed by atoms with Gasteiger partial charge in [-0.1, -0.05) is 26.2 Å². The van der Waals surface area contributed by atoms with Gasteiger partial charge in [0, 0.05) is 31.1 Å². The van der Waals surface area contributed by atoms with Crippen LogP contribution in [0, 0.1) is 0 Å². The monoisotopic (exact) mass is 416 g/mol. The normalized spacial score (nSPS) is 16.4. The number of guanidine groups is 1. The maximum atomic E-state index is 12.7. The molecule has 1 saturated heterocycles. The molecular formula is C18H32N4O3S2. The van der Waals surface area contributed by atoms with Gasteiger partial charge in [-0.25, -0.2) is 13.4 Å². The van der Waals surface area contributed by atoms with Crippen LogP contribution >= 0.6 is 11.3 Å². The minimum absolute atomic E-state index is 0.382. The molecule has 0 unspecified atom stereocenters. The van der Waals surface area contributed by atoms with Gasteiger partial charge < -0.3 is 15.4 Å². The minimum Gasteiger partial charge on any atom is -0.379 e. The molecule has 9 heteroatoms. The van der Waals surface area contributed by atoms with Gasteiger partial charge in [-0.3, -0.25) is 0 Å². The Morgan fingerprint density at radius 2 is 1.96 bits per heavy atom. The third kappa shape index (κ3) is 7.06. The molecule has 1 aromatic rings. The Morgan fingerprint density at radius 3 is 2.67 bits per heavy atom. The van der Waals surface area contributed by atoms with Gasteiger partial charge in [0.25, 0.3) is 10.0 Å². The number of rotatable bonds is 10. The lowest BCUT2D eigenvalue weighted by Crippen LogP contribution is -2.40. The van der Waals surface area contributed by atoms with Gasteiger partial charge in [0.2, 0.25) is 0 Å². The van der Waals surface area contributed by atoms with Gasteiger partial charge in [0.1, 0.15) is 4.21 Å². The SMILES string of the molecule is CCCCCCNC(=NCc1ccc(S(=O)(=O)N2CCOCC2)s1)NCC. The number of nitrogens with zero attached hydrogens (tertiary/aromatic N) is 2. The molecular weight excluding hydrogens is 384 g/mol. The van der Waals surface area contributed by atoms with E-state index < -0.39 is 10.0 Å². The van der Waals surface area contributed by atoms with E-state index >= 15 is 0 Å². The van der Waals surface area contributed by atoms with E-state index in [1.165, 1.54) is 34.9 Å². The Bertz CT molecular complexity index is 683. The summed E-state index contributed by atoms with van der Waals surface area (Å²) >= 11 is 1.30. The van der Waals surface area contributed by atoms with E-state index in [0.29, 0.717) is 37.1 Å². The van der Waals surface area contributed by atoms with Gasteiger partial charge in [0.15, 0.2) is 5.96 Å². The molecule has 1 aliphatic rings. The zero-order valence-corrected chi connectivity index (χ0v) is 18.0. The molecule has 1 aliphatic heterocycles. The van der Waals surface area contributed by atoms with Crippen LogP contribution in [-0.4, -0.2) is 58.1 Å². The third-order valence-corrected chi connectivity index (χ3v) is 7.70. The van der Waals surface area contributed by atoms with E-state index in [4.69, 9.17) is 4.74 Å². The molecule has 0 spiro atoms. The van der Waals surface area contributed by atoms with Crippen LogP contribution in [0.5, 0.6) is 0 Å². The zero-order chi connectivity index (χ0) is 19.5. The molecule has 7 nitrogen and oxygen atoms in total. The fourth-order valence-electron chi connectivity index (χ4n) is 2.75. The maximum absolute atomic E-state index is 12.7. The number of thiophene rings is 1. The lowest BCUT2D eigenvalue weighted by molar-refractivity contribution is 0.0731. The molecule has 154 valence electrons. The molecule has 0 aliphatic carbocycles. The average molecular weight is 417 g/mol. The highest BCUT2D eigenvalue weighted by Gasteiger charge is 2.27. The first-order chi connectivity index (χ1) is 13.1. The summed E-state index contributed by atoms with van der Waals surface area (Å²) in [7, 11) is -3.42. The highest BCUT2D eigenvalue weighted by atomic mass is 32.2. The predicted molar refractivity (Wildman–Crippen MR) is 111 cm³/mol. The lowest BCUT2D eigenvalue weighted by Gasteiger charge is -2.25. The summed E-state index contributed by atoms with van der Waals surface area (Å²) in [5.41, 5.74) is 0. The second kappa shape index (κ2) is 11.6. The van der Waals surface area contributed by atoms with Crippen LogP contribution in [0.1, 0.15) is 44.4 Å². The summed E-state index contributed by atoms with van der Waals surface area (Å²) < 4.78 is 32.5. The summed E-state index contributed by atoms with van der Waals surface area (Å²) in [5.74, 6) is 0.778. The van der Waals surface area contributed by atoms with Crippen LogP contribution in [0.3, 0.4) is 0 Å². The van der Waals surface area contributed by atoms with Crippen molar-refractivity contribution in [3.05, 3.63) is 17.0 Å². The van der Waals surface area contributed by atoms with Gasteiger partial charge in [0.05, 0.1) is 19.8 Å². The first-order valence-electron chi connectivity index (χ1n) is 9.76. The van der Waals surface area contributed by atoms with Crippen molar-refractivity contribution >= 4 is 27.3 Å². The minimum atomic E-state index is -3.42. The van der Waals surface area contributed by atoms with Crippen molar-refractivity contribution in [1.29, 1.82) is 0 Å². The molecule has 2 rings (SSSR count). The number of ether oxygens (including phenoxy) is 1. The average Bonchev–Trinajstić information content (AvgIpc) is 3.16. The number of morpholine rings is 1. The predicted octanol–water partition coefficient (Wildman–Crippen LogP) is 2.40. The van der Waals surface area contributed by atoms with Crippen LogP contribution in [0.2, 0.25) is 0 Å². The quantitative estimate of drug-likeness (QED) is 0.348. The summed E-state index contributed by atoms with van der Waals surface area (Å²) in [5, 5.41) is 6.58. The van der Waals surface area contributed by atoms with Gasteiger partial charge in [-0.05, 0) is 25.5 Å². The van der Waals surface area contributed by atoms with E-state index in [1.807, 2.05) is 13.0 Å². The van der Waals surface area contributed by atoms with Crippen molar-refractivity contribution in [3.8, 4) is 0 Å². The zero-order valence-electron chi connectivity index (χ0n) is 16.4. The van der Waals surface area contributed by atoms with Crippen molar-refractivity contribution in [2.45, 2.75) is 50.3 Å². The molecule has 0 atom stereocenters. The highest BCUT2D eigenvalue weighted by Crippen LogP contribution is 2.26. The first kappa shape index (κ1) is 22.1. The molecule has 2 N–H and O–H groups in total. The van der Waals surface area contributed by atoms with Crippen molar-refractivity contribution in [1.82, 2.24) is 14.9 Å². The Kier molecular flexibility index (Phi) is 9.53. The number of unbranched alkanes of at least 4 members (excludes halogenated alkanes) is 3. The first-order valence-corrected chi connectivity index (χ1v) is 12.0. The highest BCUT2D eigenvalue weighted by molar-refractivity contribution is 7.91. The summed E-state index contributed by atoms with van der Waals surface area (Å²) in [6.07, 6.45) is 4.82. The third-order valence-electron chi connectivity index (χ3n) is 4.26. The molecule has 0 radical (unpaired) electrons. The second-order valence-electron chi connectivity index (χ2n) is 6.42. The molecule has 2 heterocycles. The maximum Gasteiger partial charge on any atom is 0.252 e. The summed E-state index contributed by atoms with van der Waals surface area (Å²) in [6.45, 7) is 8.14. The largest absolute Gasteiger partial charge is 0.379 e. The van der Waals surface area contributed by atoms with Crippen molar-refractivity contribution in [2.75, 3.05) is 39.4 Å². The Morgan fingerprint density at radius 1 is 1.19 bits per heavy atom. The fourth-order valence-corrected chi connectivity index (χ4v) is 5.60. The molecule has 27 heavy (non-hydrogen) atoms. The smallest absolute Gasteiger partial charge is 0.252 e. The van der Waals surface area contributed by atoms with Crippen LogP contribution in [0.4, 0.5) is 0 Å². The van der Waals surface area contributed by atoms with Gasteiger partial charge in [-0.2, -0.15) is 4.31 Å². The van der Waals surface area contributed by atoms with E-state index in [2.05, 4.69) is 22.5 Å². The number of sulfonamides is 1. The lowest BCUT2D eigenvalue weighted by atomic mass is 10.2. The van der Waals surface area contributed by atoms with Crippen molar-refractivity contribution in [3.63, 3.8) is 0 Å². The molecule has 0 aromatic carbocycles. The van der Waals surface area contributed by atoms with Crippen LogP contribution in [0.25, 0.3) is 0 Å². The summed E-state index contributed by atoms with van der Waals surface area (Å²) in [6, 6.07) is 3.54. The fraction of sp³-hybridized carbons (Fsp3) is 0.722. The van der Waals surface area contributed by atoms with Crippen LogP contribution in [0.15, 0.2) is 21.3 Å². The van der Waals surface area contributed by atoms with Crippen LogP contribution < -0.4 is 10.6 Å². The molecule has 1 fully saturated rings. The molecule has 1 aromatic heterocycles. The topological polar surface area (TPSA) is 83.0 Å². The van der Waals surface area contributed by atoms with Crippen molar-refractivity contribution < 1.29 is 13.2 Å². The van der Waals surface area contributed by atoms with E-state index in [1.54, 1.807) is 6.07 Å². The van der Waals surface area contributed by atoms with E-state index in [9.17, 15) is 8.42 Å². The van der Waals surface area contributed by atoms with E-state index in [-0.39, 0.29) is 0 Å². The van der Waals surface area contributed by atoms with E-state index in [0.717, 1.165) is 30.3 Å². The molecule has 0 bridgehead atoms. The Balaban J connectivity index is 1.92. The van der Waals surface area contributed by atoms with Gasteiger partial charge >= 0.3 is 0 Å². The van der Waals surface area contributed by atoms with Crippen LogP contribution in [-0.2, 0) is 21.3 Å². The molecule has 0 saturated carbocycles. The number of hydrogen-bond donors (Lipinski definition) is 2. The molecule has 0 amide bonds. The Hall–Kier alpha value is -1.16. The number of aliphatic imine (C=N–C) groups is 1. The second-order valence-corrected chi connectivity index (χ2v) is 9.75. The van der Waals surface area contributed by atoms with Crippen molar-refractivity contribution in [2.24, 2.45) is 4.99 Å². The Labute approximate surface area is 167 Å². The van der Waals surface area contributed by atoms with Gasteiger partial charge in [-0.15, -0.1) is 11.3 Å². The summed E-state index contributed by atoms with van der Waals surface area (Å²) in [4.78, 5) is 5.52. The number of nitrogens with one attached hydrogen (secondary N) is 2. The number of hydrogen-bond acceptors (Lipinski definition) is 5.